The number of hydrogen-bond acceptors (Lipinski definition) is 10. The molecule has 5 heterocycles. The second kappa shape index (κ2) is 12.7. The van der Waals surface area contributed by atoms with Gasteiger partial charge in [0.25, 0.3) is 5.56 Å². The van der Waals surface area contributed by atoms with Gasteiger partial charge in [-0.3, -0.25) is 9.69 Å². The third kappa shape index (κ3) is 5.90. The molecule has 47 heavy (non-hydrogen) atoms. The van der Waals surface area contributed by atoms with Crippen molar-refractivity contribution in [2.24, 2.45) is 0 Å². The number of rotatable bonds is 8. The zero-order valence-electron chi connectivity index (χ0n) is 26.2. The average Bonchev–Trinajstić information content (AvgIpc) is 3.45. The standard InChI is InChI=1S/C35H37N5O7/c1-37(23-7-3-2-4-8-23)11-5-6-16-46-35(45)39-14-12-38(13-15-39)20-26-24-17-22-19-40-29(31(22)36-28(24)9-10-30(26)41)18-25-27(33(40)43)21-47-34(44)32(25)42/h2-4,7-10,17-18,32,41-42H,5-6,11-16,19-21H2,1H3. The number of benzene rings is 2. The number of pyridine rings is 2. The highest BCUT2D eigenvalue weighted by Crippen LogP contribution is 2.37. The van der Waals surface area contributed by atoms with Crippen LogP contribution in [0.15, 0.2) is 59.4 Å². The highest BCUT2D eigenvalue weighted by Gasteiger charge is 2.34. The summed E-state index contributed by atoms with van der Waals surface area (Å²) in [4.78, 5) is 48.9. The van der Waals surface area contributed by atoms with Crippen molar-refractivity contribution in [1.82, 2.24) is 19.4 Å². The zero-order chi connectivity index (χ0) is 32.7. The number of esters is 1. The number of hydrogen-bond donors (Lipinski definition) is 2. The van der Waals surface area contributed by atoms with Crippen molar-refractivity contribution in [2.75, 3.05) is 51.3 Å². The first-order valence-corrected chi connectivity index (χ1v) is 15.9. The maximum atomic E-state index is 13.3. The molecule has 2 aromatic carbocycles. The number of aromatic hydroxyl groups is 1. The summed E-state index contributed by atoms with van der Waals surface area (Å²) < 4.78 is 12.1. The number of carbonyl (C=O) groups is 2. The predicted molar refractivity (Wildman–Crippen MR) is 174 cm³/mol. The third-order valence-electron chi connectivity index (χ3n) is 9.37. The van der Waals surface area contributed by atoms with Gasteiger partial charge in [-0.05, 0) is 49.2 Å². The number of para-hydroxylation sites is 1. The Bertz CT molecular complexity index is 1900. The first-order chi connectivity index (χ1) is 22.8. The van der Waals surface area contributed by atoms with Gasteiger partial charge in [-0.15, -0.1) is 0 Å². The van der Waals surface area contributed by atoms with Crippen LogP contribution >= 0.6 is 0 Å². The van der Waals surface area contributed by atoms with Gasteiger partial charge in [-0.2, -0.15) is 0 Å². The van der Waals surface area contributed by atoms with E-state index in [0.717, 1.165) is 41.6 Å². The lowest BCUT2D eigenvalue weighted by atomic mass is 10.00. The van der Waals surface area contributed by atoms with Crippen LogP contribution in [0.1, 0.15) is 41.2 Å². The van der Waals surface area contributed by atoms with Crippen LogP contribution in [0.3, 0.4) is 0 Å². The van der Waals surface area contributed by atoms with Crippen molar-refractivity contribution >= 4 is 28.7 Å². The van der Waals surface area contributed by atoms with Gasteiger partial charge in [0.2, 0.25) is 0 Å². The molecule has 3 aliphatic rings. The summed E-state index contributed by atoms with van der Waals surface area (Å²) in [5.74, 6) is -0.622. The summed E-state index contributed by atoms with van der Waals surface area (Å²) in [5, 5.41) is 22.1. The van der Waals surface area contributed by atoms with E-state index < -0.39 is 12.1 Å². The Kier molecular flexibility index (Phi) is 8.29. The number of cyclic esters (lactones) is 1. The van der Waals surface area contributed by atoms with Crippen LogP contribution in [-0.4, -0.2) is 88.0 Å². The fourth-order valence-electron chi connectivity index (χ4n) is 6.64. The molecule has 12 nitrogen and oxygen atoms in total. The number of aromatic nitrogens is 2. The number of ether oxygens (including phenoxy) is 2. The van der Waals surface area contributed by atoms with E-state index in [0.29, 0.717) is 56.2 Å². The first-order valence-electron chi connectivity index (χ1n) is 15.9. The molecule has 12 heteroatoms. The molecular weight excluding hydrogens is 602 g/mol. The summed E-state index contributed by atoms with van der Waals surface area (Å²) in [5.41, 5.74) is 4.72. The molecule has 4 aromatic rings. The van der Waals surface area contributed by atoms with E-state index in [1.807, 2.05) is 24.3 Å². The zero-order valence-corrected chi connectivity index (χ0v) is 26.2. The quantitative estimate of drug-likeness (QED) is 0.192. The number of piperazine rings is 1. The Morgan fingerprint density at radius 3 is 2.64 bits per heavy atom. The van der Waals surface area contributed by atoms with Gasteiger partial charge >= 0.3 is 12.1 Å². The molecule has 1 unspecified atom stereocenters. The van der Waals surface area contributed by atoms with Crippen LogP contribution in [-0.2, 0) is 34.0 Å². The lowest BCUT2D eigenvalue weighted by molar-refractivity contribution is -0.157. The summed E-state index contributed by atoms with van der Waals surface area (Å²) in [6, 6.07) is 17.2. The fraction of sp³-hybridized carbons (Fsp3) is 0.371. The number of aliphatic hydroxyl groups excluding tert-OH is 1. The number of unbranched alkanes of at least 4 members (excludes halogenated alkanes) is 1. The fourth-order valence-corrected chi connectivity index (χ4v) is 6.64. The minimum atomic E-state index is -1.51. The maximum Gasteiger partial charge on any atom is 0.409 e. The number of fused-ring (bicyclic) bond motifs is 5. The highest BCUT2D eigenvalue weighted by atomic mass is 16.6. The molecule has 0 radical (unpaired) electrons. The molecule has 7 rings (SSSR count). The van der Waals surface area contributed by atoms with Crippen LogP contribution in [0.2, 0.25) is 0 Å². The molecule has 2 N–H and O–H groups in total. The summed E-state index contributed by atoms with van der Waals surface area (Å²) in [6.45, 7) is 4.14. The van der Waals surface area contributed by atoms with Crippen molar-refractivity contribution < 1.29 is 29.3 Å². The predicted octanol–water partition coefficient (Wildman–Crippen LogP) is 3.39. The Labute approximate surface area is 271 Å². The average molecular weight is 640 g/mol. The number of amides is 1. The minimum absolute atomic E-state index is 0.154. The molecule has 1 fully saturated rings. The molecule has 0 aliphatic carbocycles. The highest BCUT2D eigenvalue weighted by molar-refractivity contribution is 5.89. The van der Waals surface area contributed by atoms with Gasteiger partial charge in [0, 0.05) is 74.1 Å². The monoisotopic (exact) mass is 639 g/mol. The van der Waals surface area contributed by atoms with E-state index in [1.165, 1.54) is 0 Å². The van der Waals surface area contributed by atoms with Crippen molar-refractivity contribution in [3.05, 3.63) is 87.2 Å². The number of phenolic OH excluding ortho intramolecular Hbond substituents is 1. The van der Waals surface area contributed by atoms with E-state index in [1.54, 1.807) is 27.7 Å². The first kappa shape index (κ1) is 30.7. The van der Waals surface area contributed by atoms with E-state index in [9.17, 15) is 24.6 Å². The Morgan fingerprint density at radius 1 is 1.06 bits per heavy atom. The summed E-state index contributed by atoms with van der Waals surface area (Å²) >= 11 is 0. The van der Waals surface area contributed by atoms with Crippen LogP contribution < -0.4 is 10.5 Å². The third-order valence-corrected chi connectivity index (χ3v) is 9.37. The van der Waals surface area contributed by atoms with Crippen molar-refractivity contribution in [3.63, 3.8) is 0 Å². The number of aliphatic hydroxyl groups is 1. The molecular formula is C35H37N5O7. The van der Waals surface area contributed by atoms with Crippen LogP contribution in [0.25, 0.3) is 22.3 Å². The Hall–Kier alpha value is -4.94. The SMILES string of the molecule is CN(CCCCOC(=O)N1CCN(Cc2c(O)ccc3nc4c(cc23)Cn2c-4cc3c(c2=O)COC(=O)C3O)CC1)c1ccccc1. The van der Waals surface area contributed by atoms with Gasteiger partial charge in [0.15, 0.2) is 6.10 Å². The van der Waals surface area contributed by atoms with Crippen molar-refractivity contribution in [2.45, 2.75) is 38.6 Å². The lowest BCUT2D eigenvalue weighted by Crippen LogP contribution is -2.48. The largest absolute Gasteiger partial charge is 0.508 e. The lowest BCUT2D eigenvalue weighted by Gasteiger charge is -2.34. The Balaban J connectivity index is 0.974. The molecule has 1 amide bonds. The van der Waals surface area contributed by atoms with Gasteiger partial charge in [-0.1, -0.05) is 18.2 Å². The molecule has 3 aliphatic heterocycles. The molecule has 0 spiro atoms. The van der Waals surface area contributed by atoms with Gasteiger partial charge in [-0.25, -0.2) is 14.6 Å². The number of carbonyl (C=O) groups excluding carboxylic acids is 2. The van der Waals surface area contributed by atoms with Gasteiger partial charge < -0.3 is 34.1 Å². The topological polar surface area (TPSA) is 138 Å². The molecule has 2 aromatic heterocycles. The summed E-state index contributed by atoms with van der Waals surface area (Å²) in [6.07, 6.45) is -0.0961. The Morgan fingerprint density at radius 2 is 1.85 bits per heavy atom. The normalized spacial score (nSPS) is 17.2. The number of nitrogens with zero attached hydrogens (tertiary/aromatic N) is 5. The van der Waals surface area contributed by atoms with Gasteiger partial charge in [0.05, 0.1) is 35.6 Å². The maximum absolute atomic E-state index is 13.3. The van der Waals surface area contributed by atoms with Crippen LogP contribution in [0, 0.1) is 0 Å². The molecule has 0 bridgehead atoms. The number of anilines is 1. The summed E-state index contributed by atoms with van der Waals surface area (Å²) in [7, 11) is 2.06. The molecule has 0 saturated carbocycles. The van der Waals surface area contributed by atoms with E-state index in [4.69, 9.17) is 14.5 Å². The van der Waals surface area contributed by atoms with Crippen molar-refractivity contribution in [3.8, 4) is 17.1 Å². The van der Waals surface area contributed by atoms with Crippen LogP contribution in [0.4, 0.5) is 10.5 Å². The molecule has 244 valence electrons. The number of phenols is 1. The van der Waals surface area contributed by atoms with E-state index in [2.05, 4.69) is 29.0 Å². The molecule has 1 saturated heterocycles. The second-order valence-corrected chi connectivity index (χ2v) is 12.3. The molecule has 1 atom stereocenters. The van der Waals surface area contributed by atoms with Crippen molar-refractivity contribution in [1.29, 1.82) is 0 Å². The smallest absolute Gasteiger partial charge is 0.409 e. The van der Waals surface area contributed by atoms with E-state index >= 15 is 0 Å². The minimum Gasteiger partial charge on any atom is -0.508 e. The van der Waals surface area contributed by atoms with Gasteiger partial charge in [0.1, 0.15) is 12.4 Å². The van der Waals surface area contributed by atoms with Crippen LogP contribution in [0.5, 0.6) is 5.75 Å². The van der Waals surface area contributed by atoms with E-state index in [-0.39, 0.29) is 41.7 Å². The second-order valence-electron chi connectivity index (χ2n) is 12.3.